The summed E-state index contributed by atoms with van der Waals surface area (Å²) >= 11 is 0. The van der Waals surface area contributed by atoms with Crippen LogP contribution in [-0.2, 0) is 0 Å². The molecule has 19 heavy (non-hydrogen) atoms. The predicted molar refractivity (Wildman–Crippen MR) is 69.4 cm³/mol. The van der Waals surface area contributed by atoms with E-state index in [0.29, 0.717) is 12.2 Å². The summed E-state index contributed by atoms with van der Waals surface area (Å²) in [4.78, 5) is 22.5. The summed E-state index contributed by atoms with van der Waals surface area (Å²) in [5.74, 6) is 0. The third-order valence-corrected chi connectivity index (χ3v) is 3.18. The maximum Gasteiger partial charge on any atom is 0.299 e. The summed E-state index contributed by atoms with van der Waals surface area (Å²) in [6.07, 6.45) is 0. The van der Waals surface area contributed by atoms with Gasteiger partial charge in [-0.25, -0.2) is 0 Å². The van der Waals surface area contributed by atoms with E-state index in [2.05, 4.69) is 5.32 Å². The van der Waals surface area contributed by atoms with Gasteiger partial charge in [0.25, 0.3) is 11.4 Å². The Balaban J connectivity index is 2.44. The van der Waals surface area contributed by atoms with Gasteiger partial charge >= 0.3 is 0 Å². The largest absolute Gasteiger partial charge is 0.361 e. The molecule has 0 aromatic heterocycles. The Morgan fingerprint density at radius 3 is 2.63 bits per heavy atom. The lowest BCUT2D eigenvalue weighted by Crippen LogP contribution is -2.50. The van der Waals surface area contributed by atoms with Crippen LogP contribution in [0.5, 0.6) is 0 Å². The summed E-state index contributed by atoms with van der Waals surface area (Å²) in [6.45, 7) is 4.06. The van der Waals surface area contributed by atoms with Gasteiger partial charge in [0.15, 0.2) is 0 Å². The van der Waals surface area contributed by atoms with E-state index in [9.17, 15) is 20.2 Å². The molecule has 0 saturated carbocycles. The predicted octanol–water partition coefficient (Wildman–Crippen LogP) is 1.30. The molecule has 1 aromatic rings. The maximum atomic E-state index is 11.1. The average Bonchev–Trinajstić information content (AvgIpc) is 2.38. The molecule has 0 bridgehead atoms. The summed E-state index contributed by atoms with van der Waals surface area (Å²) < 4.78 is 0. The van der Waals surface area contributed by atoms with Gasteiger partial charge in [-0.15, -0.1) is 0 Å². The van der Waals surface area contributed by atoms with Crippen LogP contribution in [0.3, 0.4) is 0 Å². The molecule has 0 radical (unpaired) electrons. The molecule has 1 fully saturated rings. The highest BCUT2D eigenvalue weighted by Gasteiger charge is 2.27. The molecule has 2 rings (SSSR count). The summed E-state index contributed by atoms with van der Waals surface area (Å²) in [5, 5.41) is 25.0. The van der Waals surface area contributed by atoms with Crippen molar-refractivity contribution < 1.29 is 9.85 Å². The first-order valence-corrected chi connectivity index (χ1v) is 5.91. The average molecular weight is 266 g/mol. The van der Waals surface area contributed by atoms with E-state index in [-0.39, 0.29) is 17.4 Å². The van der Waals surface area contributed by atoms with Gasteiger partial charge in [0.05, 0.1) is 15.9 Å². The van der Waals surface area contributed by atoms with Crippen molar-refractivity contribution in [2.75, 3.05) is 24.5 Å². The number of piperazine rings is 1. The van der Waals surface area contributed by atoms with Gasteiger partial charge in [-0.2, -0.15) is 0 Å². The van der Waals surface area contributed by atoms with Crippen molar-refractivity contribution in [1.82, 2.24) is 5.32 Å². The highest BCUT2D eigenvalue weighted by atomic mass is 16.6. The minimum Gasteiger partial charge on any atom is -0.361 e. The minimum absolute atomic E-state index is 0.105. The Hall–Kier alpha value is -2.22. The third kappa shape index (κ3) is 2.63. The van der Waals surface area contributed by atoms with Gasteiger partial charge < -0.3 is 10.2 Å². The SMILES string of the molecule is CC1CNCCN1c1ccc([N+](=O)[O-])cc1[N+](=O)[O-]. The zero-order valence-electron chi connectivity index (χ0n) is 10.4. The second kappa shape index (κ2) is 5.19. The summed E-state index contributed by atoms with van der Waals surface area (Å²) in [7, 11) is 0. The molecule has 0 spiro atoms. The number of rotatable bonds is 3. The number of anilines is 1. The Morgan fingerprint density at radius 1 is 1.32 bits per heavy atom. The van der Waals surface area contributed by atoms with Gasteiger partial charge in [-0.3, -0.25) is 20.2 Å². The molecule has 1 heterocycles. The fourth-order valence-electron chi connectivity index (χ4n) is 2.21. The van der Waals surface area contributed by atoms with Crippen LogP contribution >= 0.6 is 0 Å². The Bertz CT molecular complexity index is 519. The van der Waals surface area contributed by atoms with Crippen LogP contribution in [0.1, 0.15) is 6.92 Å². The lowest BCUT2D eigenvalue weighted by molar-refractivity contribution is -0.393. The number of non-ortho nitro benzene ring substituents is 1. The monoisotopic (exact) mass is 266 g/mol. The topological polar surface area (TPSA) is 102 Å². The van der Waals surface area contributed by atoms with Crippen LogP contribution in [-0.4, -0.2) is 35.5 Å². The highest BCUT2D eigenvalue weighted by Crippen LogP contribution is 2.33. The number of nitrogens with zero attached hydrogens (tertiary/aromatic N) is 3. The standard InChI is InChI=1S/C11H14N4O4/c1-8-7-12-4-5-13(8)10-3-2-9(14(16)17)6-11(10)15(18)19/h2-3,6,8,12H,4-5,7H2,1H3. The van der Waals surface area contributed by atoms with Crippen molar-refractivity contribution in [2.45, 2.75) is 13.0 Å². The van der Waals surface area contributed by atoms with Crippen LogP contribution in [0.2, 0.25) is 0 Å². The smallest absolute Gasteiger partial charge is 0.299 e. The van der Waals surface area contributed by atoms with Crippen molar-refractivity contribution >= 4 is 17.1 Å². The molecule has 1 aromatic carbocycles. The molecule has 8 heteroatoms. The number of hydrogen-bond acceptors (Lipinski definition) is 6. The molecular weight excluding hydrogens is 252 g/mol. The third-order valence-electron chi connectivity index (χ3n) is 3.18. The molecular formula is C11H14N4O4. The molecule has 1 aliphatic heterocycles. The first-order chi connectivity index (χ1) is 9.00. The minimum atomic E-state index is -0.627. The first kappa shape index (κ1) is 13.2. The number of benzene rings is 1. The first-order valence-electron chi connectivity index (χ1n) is 5.91. The summed E-state index contributed by atoms with van der Waals surface area (Å²) in [5.41, 5.74) is -0.0502. The van der Waals surface area contributed by atoms with E-state index in [1.54, 1.807) is 0 Å². The normalized spacial score (nSPS) is 19.2. The molecule has 1 saturated heterocycles. The van der Waals surface area contributed by atoms with Crippen molar-refractivity contribution in [2.24, 2.45) is 0 Å². The second-order valence-corrected chi connectivity index (χ2v) is 4.43. The second-order valence-electron chi connectivity index (χ2n) is 4.43. The Morgan fingerprint density at radius 2 is 2.05 bits per heavy atom. The fraction of sp³-hybridized carbons (Fsp3) is 0.455. The van der Waals surface area contributed by atoms with E-state index in [1.165, 1.54) is 12.1 Å². The number of hydrogen-bond donors (Lipinski definition) is 1. The molecule has 1 N–H and O–H groups in total. The van der Waals surface area contributed by atoms with Crippen molar-refractivity contribution in [1.29, 1.82) is 0 Å². The molecule has 102 valence electrons. The van der Waals surface area contributed by atoms with E-state index >= 15 is 0 Å². The lowest BCUT2D eigenvalue weighted by Gasteiger charge is -2.35. The quantitative estimate of drug-likeness (QED) is 0.653. The van der Waals surface area contributed by atoms with Crippen LogP contribution in [0.15, 0.2) is 18.2 Å². The van der Waals surface area contributed by atoms with Gasteiger partial charge in [0, 0.05) is 31.7 Å². The van der Waals surface area contributed by atoms with E-state index in [1.807, 2.05) is 11.8 Å². The highest BCUT2D eigenvalue weighted by molar-refractivity contribution is 5.67. The zero-order chi connectivity index (χ0) is 14.0. The van der Waals surface area contributed by atoms with Crippen LogP contribution in [0, 0.1) is 20.2 Å². The van der Waals surface area contributed by atoms with Crippen LogP contribution < -0.4 is 10.2 Å². The van der Waals surface area contributed by atoms with Crippen molar-refractivity contribution in [3.63, 3.8) is 0 Å². The van der Waals surface area contributed by atoms with Crippen LogP contribution in [0.4, 0.5) is 17.1 Å². The molecule has 8 nitrogen and oxygen atoms in total. The fourth-order valence-corrected chi connectivity index (χ4v) is 2.21. The molecule has 0 amide bonds. The zero-order valence-corrected chi connectivity index (χ0v) is 10.4. The number of nitrogens with one attached hydrogen (secondary N) is 1. The summed E-state index contributed by atoms with van der Waals surface area (Å²) in [6, 6.07) is 3.88. The maximum absolute atomic E-state index is 11.1. The Labute approximate surface area is 109 Å². The Kier molecular flexibility index (Phi) is 3.61. The van der Waals surface area contributed by atoms with E-state index in [0.717, 1.165) is 19.2 Å². The van der Waals surface area contributed by atoms with Crippen molar-refractivity contribution in [3.05, 3.63) is 38.4 Å². The number of nitro groups is 2. The lowest BCUT2D eigenvalue weighted by atomic mass is 10.1. The van der Waals surface area contributed by atoms with Gasteiger partial charge in [-0.1, -0.05) is 0 Å². The van der Waals surface area contributed by atoms with E-state index < -0.39 is 9.85 Å². The molecule has 1 unspecified atom stereocenters. The molecule has 1 atom stereocenters. The van der Waals surface area contributed by atoms with Crippen molar-refractivity contribution in [3.8, 4) is 0 Å². The molecule has 1 aliphatic rings. The molecule has 0 aliphatic carbocycles. The van der Waals surface area contributed by atoms with E-state index in [4.69, 9.17) is 0 Å². The number of nitro benzene ring substituents is 2. The van der Waals surface area contributed by atoms with Crippen LogP contribution in [0.25, 0.3) is 0 Å². The van der Waals surface area contributed by atoms with Gasteiger partial charge in [0.1, 0.15) is 5.69 Å². The van der Waals surface area contributed by atoms with Gasteiger partial charge in [-0.05, 0) is 13.0 Å². The van der Waals surface area contributed by atoms with Gasteiger partial charge in [0.2, 0.25) is 0 Å².